The summed E-state index contributed by atoms with van der Waals surface area (Å²) in [7, 11) is 2.17. The number of amides is 1. The number of aliphatic hydroxyl groups is 1. The van der Waals surface area contributed by atoms with Crippen LogP contribution >= 0.6 is 0 Å². The second kappa shape index (κ2) is 11.0. The van der Waals surface area contributed by atoms with Gasteiger partial charge in [0.1, 0.15) is 11.9 Å². The third-order valence-corrected chi connectivity index (χ3v) is 8.48. The molecular formula is C31H38N4O3. The lowest BCUT2D eigenvalue weighted by Crippen LogP contribution is -2.45. The fourth-order valence-corrected chi connectivity index (χ4v) is 6.13. The molecule has 0 radical (unpaired) electrons. The van der Waals surface area contributed by atoms with E-state index in [1.165, 1.54) is 11.1 Å². The van der Waals surface area contributed by atoms with Crippen molar-refractivity contribution in [3.63, 3.8) is 0 Å². The van der Waals surface area contributed by atoms with Gasteiger partial charge in [-0.15, -0.1) is 0 Å². The van der Waals surface area contributed by atoms with Crippen LogP contribution < -0.4 is 5.32 Å². The molecule has 38 heavy (non-hydrogen) atoms. The standard InChI is InChI=1S/C31H38N4O3/c1-34-17-15-24(16-18-34)38-29-25-7-3-2-6-21(25)14-19-35-20-27(32-30(29)35)22-10-12-23(13-11-22)31(37)33-26-8-4-5-9-28(26)36/h2-3,6-7,10-13,20,24,26,28-29,36H,4-5,8-9,14-19H2,1H3,(H,33,37). The highest BCUT2D eigenvalue weighted by Gasteiger charge is 2.31. The van der Waals surface area contributed by atoms with Gasteiger partial charge >= 0.3 is 0 Å². The third kappa shape index (κ3) is 5.28. The molecule has 1 aliphatic carbocycles. The molecule has 3 atom stereocenters. The summed E-state index contributed by atoms with van der Waals surface area (Å²) in [6, 6.07) is 16.1. The topological polar surface area (TPSA) is 79.6 Å². The molecule has 2 aromatic carbocycles. The minimum absolute atomic E-state index is 0.133. The van der Waals surface area contributed by atoms with E-state index >= 15 is 0 Å². The zero-order chi connectivity index (χ0) is 26.1. The molecule has 2 N–H and O–H groups in total. The molecule has 1 saturated heterocycles. The average molecular weight is 515 g/mol. The van der Waals surface area contributed by atoms with Gasteiger partial charge in [-0.05, 0) is 62.4 Å². The lowest BCUT2D eigenvalue weighted by Gasteiger charge is -2.32. The molecule has 2 aliphatic heterocycles. The second-order valence-corrected chi connectivity index (χ2v) is 11.2. The van der Waals surface area contributed by atoms with Gasteiger partial charge in [-0.3, -0.25) is 4.79 Å². The van der Waals surface area contributed by atoms with E-state index in [0.717, 1.165) is 81.7 Å². The van der Waals surface area contributed by atoms with Crippen molar-refractivity contribution in [2.24, 2.45) is 0 Å². The van der Waals surface area contributed by atoms with Gasteiger partial charge in [0.2, 0.25) is 0 Å². The van der Waals surface area contributed by atoms with E-state index in [0.29, 0.717) is 5.56 Å². The minimum atomic E-state index is -0.456. The fraction of sp³-hybridized carbons (Fsp3) is 0.484. The molecular weight excluding hydrogens is 476 g/mol. The predicted octanol–water partition coefficient (Wildman–Crippen LogP) is 4.34. The molecule has 200 valence electrons. The number of nitrogens with zero attached hydrogens (tertiary/aromatic N) is 3. The Morgan fingerprint density at radius 1 is 1.00 bits per heavy atom. The van der Waals surface area contributed by atoms with Crippen LogP contribution in [0.25, 0.3) is 11.3 Å². The summed E-state index contributed by atoms with van der Waals surface area (Å²) < 4.78 is 9.06. The van der Waals surface area contributed by atoms with Crippen LogP contribution in [0, 0.1) is 0 Å². The Labute approximate surface area is 224 Å². The molecule has 0 bridgehead atoms. The number of imidazole rings is 1. The van der Waals surface area contributed by atoms with Crippen molar-refractivity contribution in [2.75, 3.05) is 20.1 Å². The number of hydrogen-bond donors (Lipinski definition) is 2. The van der Waals surface area contributed by atoms with Crippen LogP contribution in [0.2, 0.25) is 0 Å². The van der Waals surface area contributed by atoms with E-state index in [2.05, 4.69) is 52.3 Å². The van der Waals surface area contributed by atoms with E-state index < -0.39 is 6.10 Å². The molecule has 1 aromatic heterocycles. The highest BCUT2D eigenvalue weighted by Crippen LogP contribution is 2.36. The van der Waals surface area contributed by atoms with Gasteiger partial charge in [-0.1, -0.05) is 49.2 Å². The monoisotopic (exact) mass is 514 g/mol. The first-order valence-electron chi connectivity index (χ1n) is 14.1. The first-order chi connectivity index (χ1) is 18.5. The summed E-state index contributed by atoms with van der Waals surface area (Å²) in [5, 5.41) is 13.2. The highest BCUT2D eigenvalue weighted by atomic mass is 16.5. The molecule has 3 heterocycles. The van der Waals surface area contributed by atoms with Crippen LogP contribution in [0.5, 0.6) is 0 Å². The van der Waals surface area contributed by atoms with Crippen molar-refractivity contribution in [1.29, 1.82) is 0 Å². The quantitative estimate of drug-likeness (QED) is 0.530. The van der Waals surface area contributed by atoms with Gasteiger partial charge in [0.25, 0.3) is 5.91 Å². The molecule has 7 heteroatoms. The first-order valence-corrected chi connectivity index (χ1v) is 14.1. The third-order valence-electron chi connectivity index (χ3n) is 8.48. The lowest BCUT2D eigenvalue weighted by molar-refractivity contribution is -0.0275. The minimum Gasteiger partial charge on any atom is -0.391 e. The molecule has 3 aliphatic rings. The summed E-state index contributed by atoms with van der Waals surface area (Å²) in [6.45, 7) is 2.97. The number of carbonyl (C=O) groups excluding carboxylic acids is 1. The molecule has 1 amide bonds. The van der Waals surface area contributed by atoms with Gasteiger partial charge in [-0.25, -0.2) is 4.98 Å². The molecule has 2 fully saturated rings. The molecule has 1 saturated carbocycles. The summed E-state index contributed by atoms with van der Waals surface area (Å²) in [4.78, 5) is 20.3. The lowest BCUT2D eigenvalue weighted by atomic mass is 9.92. The first kappa shape index (κ1) is 25.3. The molecule has 3 aromatic rings. The zero-order valence-electron chi connectivity index (χ0n) is 22.2. The Kier molecular flexibility index (Phi) is 7.32. The van der Waals surface area contributed by atoms with E-state index in [9.17, 15) is 9.90 Å². The van der Waals surface area contributed by atoms with Gasteiger partial charge < -0.3 is 24.6 Å². The Morgan fingerprint density at radius 3 is 2.55 bits per heavy atom. The number of benzene rings is 2. The number of nitrogens with one attached hydrogen (secondary N) is 1. The maximum atomic E-state index is 12.8. The summed E-state index contributed by atoms with van der Waals surface area (Å²) in [5.41, 5.74) is 5.03. The van der Waals surface area contributed by atoms with Crippen LogP contribution in [-0.4, -0.2) is 63.9 Å². The van der Waals surface area contributed by atoms with E-state index in [1.54, 1.807) is 0 Å². The summed E-state index contributed by atoms with van der Waals surface area (Å²) in [6.07, 6.45) is 8.34. The van der Waals surface area contributed by atoms with E-state index in [1.807, 2.05) is 24.3 Å². The number of carbonyl (C=O) groups is 1. The van der Waals surface area contributed by atoms with Crippen LogP contribution in [0.3, 0.4) is 0 Å². The normalized spacial score (nSPS) is 24.3. The Hall–Kier alpha value is -3.00. The SMILES string of the molecule is CN1CCC(OC2c3ccccc3CCn3cc(-c4ccc(C(=O)NC5CCCCC5O)cc4)nc32)CC1. The number of rotatable bonds is 5. The number of aryl methyl sites for hydroxylation is 2. The fourth-order valence-electron chi connectivity index (χ4n) is 6.13. The van der Waals surface area contributed by atoms with Crippen LogP contribution in [-0.2, 0) is 17.7 Å². The van der Waals surface area contributed by atoms with Crippen molar-refractivity contribution in [1.82, 2.24) is 19.8 Å². The number of fused-ring (bicyclic) bond motifs is 2. The number of hydrogen-bond acceptors (Lipinski definition) is 5. The maximum Gasteiger partial charge on any atom is 0.251 e. The largest absolute Gasteiger partial charge is 0.391 e. The average Bonchev–Trinajstić information content (AvgIpc) is 3.31. The Balaban J connectivity index is 1.23. The van der Waals surface area contributed by atoms with Crippen molar-refractivity contribution >= 4 is 5.91 Å². The molecule has 3 unspecified atom stereocenters. The van der Waals surface area contributed by atoms with Crippen LogP contribution in [0.1, 0.15) is 71.9 Å². The van der Waals surface area contributed by atoms with Crippen molar-refractivity contribution in [3.05, 3.63) is 77.2 Å². The summed E-state index contributed by atoms with van der Waals surface area (Å²) in [5.74, 6) is 0.823. The number of likely N-dealkylation sites (tertiary alicyclic amines) is 1. The molecule has 0 spiro atoms. The smallest absolute Gasteiger partial charge is 0.251 e. The van der Waals surface area contributed by atoms with Crippen molar-refractivity contribution in [3.8, 4) is 11.3 Å². The Bertz CT molecular complexity index is 1260. The van der Waals surface area contributed by atoms with Crippen LogP contribution in [0.4, 0.5) is 0 Å². The number of aliphatic hydroxyl groups excluding tert-OH is 1. The van der Waals surface area contributed by atoms with Gasteiger partial charge in [0, 0.05) is 37.0 Å². The van der Waals surface area contributed by atoms with Gasteiger partial charge in [-0.2, -0.15) is 0 Å². The van der Waals surface area contributed by atoms with E-state index in [4.69, 9.17) is 9.72 Å². The maximum absolute atomic E-state index is 12.8. The van der Waals surface area contributed by atoms with Crippen LogP contribution in [0.15, 0.2) is 54.7 Å². The van der Waals surface area contributed by atoms with Gasteiger partial charge in [0.15, 0.2) is 0 Å². The number of aromatic nitrogens is 2. The van der Waals surface area contributed by atoms with E-state index in [-0.39, 0.29) is 24.2 Å². The number of piperidine rings is 1. The highest BCUT2D eigenvalue weighted by molar-refractivity contribution is 5.94. The molecule has 6 rings (SSSR count). The van der Waals surface area contributed by atoms with Crippen molar-refractivity contribution < 1.29 is 14.6 Å². The Morgan fingerprint density at radius 2 is 1.76 bits per heavy atom. The summed E-state index contributed by atoms with van der Waals surface area (Å²) >= 11 is 0. The second-order valence-electron chi connectivity index (χ2n) is 11.2. The number of ether oxygens (including phenoxy) is 1. The predicted molar refractivity (Wildman–Crippen MR) is 147 cm³/mol. The zero-order valence-corrected chi connectivity index (χ0v) is 22.2. The molecule has 7 nitrogen and oxygen atoms in total. The van der Waals surface area contributed by atoms with Crippen molar-refractivity contribution in [2.45, 2.75) is 75.8 Å². The van der Waals surface area contributed by atoms with Gasteiger partial charge in [0.05, 0.1) is 23.9 Å².